The number of unbranched alkanes of at least 4 members (excludes halogenated alkanes) is 1. The van der Waals surface area contributed by atoms with Crippen LogP contribution in [0.4, 0.5) is 8.78 Å². The Balaban J connectivity index is 1.82. The standard InChI is InChI=1S/C22H26F2O/c1-3-5-6-15-11-20(23)22(21(24)12-15)18-8-7-17-14-19(25-4-2)10-9-16(17)13-18/h9-12,14,18H,3-8,13H2,1-2H3. The van der Waals surface area contributed by atoms with Gasteiger partial charge in [-0.2, -0.15) is 0 Å². The quantitative estimate of drug-likeness (QED) is 0.626. The van der Waals surface area contributed by atoms with E-state index in [2.05, 4.69) is 13.0 Å². The second-order valence-corrected chi connectivity index (χ2v) is 6.88. The molecule has 134 valence electrons. The van der Waals surface area contributed by atoms with Gasteiger partial charge in [0.25, 0.3) is 0 Å². The minimum atomic E-state index is -0.384. The lowest BCUT2D eigenvalue weighted by molar-refractivity contribution is 0.339. The summed E-state index contributed by atoms with van der Waals surface area (Å²) in [5, 5.41) is 0. The lowest BCUT2D eigenvalue weighted by Gasteiger charge is -2.26. The minimum Gasteiger partial charge on any atom is -0.494 e. The predicted molar refractivity (Wildman–Crippen MR) is 97.3 cm³/mol. The molecule has 0 spiro atoms. The molecule has 1 aliphatic rings. The first-order valence-electron chi connectivity index (χ1n) is 9.34. The van der Waals surface area contributed by atoms with Crippen LogP contribution in [0.3, 0.4) is 0 Å². The molecular formula is C22H26F2O. The van der Waals surface area contributed by atoms with Gasteiger partial charge < -0.3 is 4.74 Å². The van der Waals surface area contributed by atoms with Crippen LogP contribution in [0.5, 0.6) is 5.75 Å². The van der Waals surface area contributed by atoms with E-state index in [-0.39, 0.29) is 23.1 Å². The minimum absolute atomic E-state index is 0.0920. The van der Waals surface area contributed by atoms with Crippen molar-refractivity contribution in [2.75, 3.05) is 6.61 Å². The van der Waals surface area contributed by atoms with Gasteiger partial charge in [0.15, 0.2) is 0 Å². The van der Waals surface area contributed by atoms with Gasteiger partial charge in [0, 0.05) is 5.56 Å². The van der Waals surface area contributed by atoms with Crippen LogP contribution in [0, 0.1) is 11.6 Å². The second kappa shape index (κ2) is 7.99. The van der Waals surface area contributed by atoms with Gasteiger partial charge in [-0.3, -0.25) is 0 Å². The van der Waals surface area contributed by atoms with Gasteiger partial charge in [-0.15, -0.1) is 0 Å². The summed E-state index contributed by atoms with van der Waals surface area (Å²) in [4.78, 5) is 0. The lowest BCUT2D eigenvalue weighted by Crippen LogP contribution is -2.16. The Morgan fingerprint density at radius 1 is 1.04 bits per heavy atom. The number of hydrogen-bond donors (Lipinski definition) is 0. The molecule has 0 saturated carbocycles. The van der Waals surface area contributed by atoms with E-state index in [0.29, 0.717) is 13.0 Å². The average molecular weight is 344 g/mol. The third-order valence-corrected chi connectivity index (χ3v) is 5.08. The highest BCUT2D eigenvalue weighted by atomic mass is 19.1. The highest BCUT2D eigenvalue weighted by molar-refractivity contribution is 5.40. The van der Waals surface area contributed by atoms with Crippen LogP contribution in [0.1, 0.15) is 61.3 Å². The zero-order chi connectivity index (χ0) is 17.8. The molecule has 25 heavy (non-hydrogen) atoms. The molecule has 2 aromatic carbocycles. The van der Waals surface area contributed by atoms with Gasteiger partial charge in [-0.25, -0.2) is 8.78 Å². The van der Waals surface area contributed by atoms with Crippen molar-refractivity contribution in [2.24, 2.45) is 0 Å². The molecule has 3 heteroatoms. The Bertz CT molecular complexity index is 716. The van der Waals surface area contributed by atoms with Crippen LogP contribution in [-0.4, -0.2) is 6.61 Å². The fourth-order valence-corrected chi connectivity index (χ4v) is 3.79. The first-order chi connectivity index (χ1) is 12.1. The molecule has 1 unspecified atom stereocenters. The molecule has 0 heterocycles. The Morgan fingerprint density at radius 3 is 2.48 bits per heavy atom. The summed E-state index contributed by atoms with van der Waals surface area (Å²) in [7, 11) is 0. The van der Waals surface area contributed by atoms with Crippen LogP contribution < -0.4 is 4.74 Å². The molecule has 0 N–H and O–H groups in total. The molecule has 1 atom stereocenters. The zero-order valence-electron chi connectivity index (χ0n) is 15.1. The maximum atomic E-state index is 14.6. The number of ether oxygens (including phenoxy) is 1. The van der Waals surface area contributed by atoms with Crippen molar-refractivity contribution >= 4 is 0 Å². The highest BCUT2D eigenvalue weighted by Gasteiger charge is 2.26. The van der Waals surface area contributed by atoms with Crippen molar-refractivity contribution in [3.05, 3.63) is 64.2 Å². The Kier molecular flexibility index (Phi) is 5.72. The third kappa shape index (κ3) is 4.02. The van der Waals surface area contributed by atoms with Crippen molar-refractivity contribution in [3.63, 3.8) is 0 Å². The molecule has 0 aromatic heterocycles. The second-order valence-electron chi connectivity index (χ2n) is 6.88. The van der Waals surface area contributed by atoms with E-state index in [1.54, 1.807) is 0 Å². The van der Waals surface area contributed by atoms with Gasteiger partial charge in [-0.1, -0.05) is 19.4 Å². The largest absolute Gasteiger partial charge is 0.494 e. The summed E-state index contributed by atoms with van der Waals surface area (Å²) in [6.45, 7) is 4.69. The molecule has 3 rings (SSSR count). The normalized spacial score (nSPS) is 16.6. The van der Waals surface area contributed by atoms with E-state index in [0.717, 1.165) is 43.4 Å². The summed E-state index contributed by atoms with van der Waals surface area (Å²) >= 11 is 0. The molecule has 0 bridgehead atoms. The molecule has 0 amide bonds. The Hall–Kier alpha value is -1.90. The molecule has 0 radical (unpaired) electrons. The van der Waals surface area contributed by atoms with Crippen LogP contribution in [0.2, 0.25) is 0 Å². The van der Waals surface area contributed by atoms with Gasteiger partial charge in [0.2, 0.25) is 0 Å². The first kappa shape index (κ1) is 17.9. The molecule has 0 fully saturated rings. The summed E-state index contributed by atoms with van der Waals surface area (Å²) in [6.07, 6.45) is 5.00. The SMILES string of the molecule is CCCCc1cc(F)c(C2CCc3cc(OCC)ccc3C2)c(F)c1. The number of aryl methyl sites for hydroxylation is 2. The van der Waals surface area contributed by atoms with E-state index in [4.69, 9.17) is 4.74 Å². The van der Waals surface area contributed by atoms with Crippen molar-refractivity contribution in [1.29, 1.82) is 0 Å². The van der Waals surface area contributed by atoms with Gasteiger partial charge >= 0.3 is 0 Å². The van der Waals surface area contributed by atoms with E-state index in [1.807, 2.05) is 19.1 Å². The molecule has 0 saturated heterocycles. The third-order valence-electron chi connectivity index (χ3n) is 5.08. The lowest BCUT2D eigenvalue weighted by atomic mass is 9.79. The summed E-state index contributed by atoms with van der Waals surface area (Å²) < 4.78 is 34.8. The number of halogens is 2. The highest BCUT2D eigenvalue weighted by Crippen LogP contribution is 2.37. The number of benzene rings is 2. The summed E-state index contributed by atoms with van der Waals surface area (Å²) in [6, 6.07) is 9.11. The van der Waals surface area contributed by atoms with Crippen LogP contribution >= 0.6 is 0 Å². The van der Waals surface area contributed by atoms with Gasteiger partial charge in [0.1, 0.15) is 17.4 Å². The summed E-state index contributed by atoms with van der Waals surface area (Å²) in [5.74, 6) is 0.0129. The Morgan fingerprint density at radius 2 is 1.80 bits per heavy atom. The van der Waals surface area contributed by atoms with Crippen molar-refractivity contribution in [1.82, 2.24) is 0 Å². The zero-order valence-corrected chi connectivity index (χ0v) is 15.1. The molecule has 1 nitrogen and oxygen atoms in total. The van der Waals surface area contributed by atoms with E-state index in [9.17, 15) is 8.78 Å². The number of hydrogen-bond acceptors (Lipinski definition) is 1. The molecule has 0 aliphatic heterocycles. The van der Waals surface area contributed by atoms with E-state index < -0.39 is 0 Å². The molecule has 1 aliphatic carbocycles. The average Bonchev–Trinajstić information content (AvgIpc) is 2.59. The first-order valence-corrected chi connectivity index (χ1v) is 9.34. The maximum absolute atomic E-state index is 14.6. The van der Waals surface area contributed by atoms with Gasteiger partial charge in [0.05, 0.1) is 6.61 Å². The topological polar surface area (TPSA) is 9.23 Å². The molecule has 2 aromatic rings. The maximum Gasteiger partial charge on any atom is 0.129 e. The predicted octanol–water partition coefficient (Wildman–Crippen LogP) is 5.98. The fourth-order valence-electron chi connectivity index (χ4n) is 3.79. The van der Waals surface area contributed by atoms with Crippen LogP contribution in [0.25, 0.3) is 0 Å². The van der Waals surface area contributed by atoms with Gasteiger partial charge in [-0.05, 0) is 85.9 Å². The monoisotopic (exact) mass is 344 g/mol. The number of fused-ring (bicyclic) bond motifs is 1. The summed E-state index contributed by atoms with van der Waals surface area (Å²) in [5.41, 5.74) is 3.44. The van der Waals surface area contributed by atoms with E-state index in [1.165, 1.54) is 23.3 Å². The van der Waals surface area contributed by atoms with Crippen molar-refractivity contribution in [2.45, 2.75) is 58.3 Å². The Labute approximate surface area is 149 Å². The van der Waals surface area contributed by atoms with Crippen LogP contribution in [0.15, 0.2) is 30.3 Å². The van der Waals surface area contributed by atoms with Crippen molar-refractivity contribution in [3.8, 4) is 5.75 Å². The van der Waals surface area contributed by atoms with Crippen LogP contribution in [-0.2, 0) is 19.3 Å². The molecular weight excluding hydrogens is 318 g/mol. The smallest absolute Gasteiger partial charge is 0.129 e. The fraction of sp³-hybridized carbons (Fsp3) is 0.455. The van der Waals surface area contributed by atoms with E-state index >= 15 is 0 Å². The van der Waals surface area contributed by atoms with Crippen molar-refractivity contribution < 1.29 is 13.5 Å². The number of rotatable bonds is 6.